The number of aliphatic hydroxyl groups excluding tert-OH is 1. The summed E-state index contributed by atoms with van der Waals surface area (Å²) in [7, 11) is 0. The standard InChI is InChI=1S/C13H10Cl2O2/c14-12-5-4-11(7-13(12)15)17-10-3-1-2-9(6-10)8-16/h1-7,16H,8H2. The van der Waals surface area contributed by atoms with Gasteiger partial charge in [-0.3, -0.25) is 0 Å². The van der Waals surface area contributed by atoms with Crippen LogP contribution in [0, 0.1) is 0 Å². The smallest absolute Gasteiger partial charge is 0.129 e. The Kier molecular flexibility index (Phi) is 3.89. The van der Waals surface area contributed by atoms with E-state index in [2.05, 4.69) is 0 Å². The Morgan fingerprint density at radius 2 is 1.71 bits per heavy atom. The average Bonchev–Trinajstić information content (AvgIpc) is 2.34. The predicted octanol–water partition coefficient (Wildman–Crippen LogP) is 4.28. The Labute approximate surface area is 109 Å². The van der Waals surface area contributed by atoms with Gasteiger partial charge in [-0.2, -0.15) is 0 Å². The molecule has 88 valence electrons. The van der Waals surface area contributed by atoms with Crippen molar-refractivity contribution in [1.82, 2.24) is 0 Å². The monoisotopic (exact) mass is 268 g/mol. The minimum atomic E-state index is -0.0153. The molecule has 0 aliphatic rings. The fourth-order valence-corrected chi connectivity index (χ4v) is 1.67. The van der Waals surface area contributed by atoms with Gasteiger partial charge in [-0.15, -0.1) is 0 Å². The highest BCUT2D eigenvalue weighted by molar-refractivity contribution is 6.42. The fourth-order valence-electron chi connectivity index (χ4n) is 1.38. The van der Waals surface area contributed by atoms with Crippen molar-refractivity contribution in [3.63, 3.8) is 0 Å². The van der Waals surface area contributed by atoms with Gasteiger partial charge >= 0.3 is 0 Å². The molecule has 0 atom stereocenters. The summed E-state index contributed by atoms with van der Waals surface area (Å²) < 4.78 is 5.60. The van der Waals surface area contributed by atoms with E-state index in [9.17, 15) is 0 Å². The molecule has 2 nitrogen and oxygen atoms in total. The second-order valence-corrected chi connectivity index (χ2v) is 4.30. The number of aliphatic hydroxyl groups is 1. The van der Waals surface area contributed by atoms with Crippen molar-refractivity contribution in [2.24, 2.45) is 0 Å². The van der Waals surface area contributed by atoms with Gasteiger partial charge < -0.3 is 9.84 Å². The highest BCUT2D eigenvalue weighted by Crippen LogP contribution is 2.29. The van der Waals surface area contributed by atoms with Gasteiger partial charge in [-0.25, -0.2) is 0 Å². The van der Waals surface area contributed by atoms with Crippen LogP contribution in [0.15, 0.2) is 42.5 Å². The third-order valence-electron chi connectivity index (χ3n) is 2.21. The quantitative estimate of drug-likeness (QED) is 0.901. The van der Waals surface area contributed by atoms with Crippen molar-refractivity contribution in [2.45, 2.75) is 6.61 Å². The van der Waals surface area contributed by atoms with E-state index in [0.717, 1.165) is 5.56 Å². The zero-order valence-electron chi connectivity index (χ0n) is 8.86. The molecule has 2 aromatic rings. The lowest BCUT2D eigenvalue weighted by Crippen LogP contribution is -1.87. The molecule has 0 bridgehead atoms. The molecule has 0 fully saturated rings. The van der Waals surface area contributed by atoms with Crippen LogP contribution < -0.4 is 4.74 Å². The van der Waals surface area contributed by atoms with Crippen LogP contribution in [0.4, 0.5) is 0 Å². The highest BCUT2D eigenvalue weighted by atomic mass is 35.5. The summed E-state index contributed by atoms with van der Waals surface area (Å²) in [5.41, 5.74) is 0.794. The number of benzene rings is 2. The van der Waals surface area contributed by atoms with Crippen molar-refractivity contribution in [3.8, 4) is 11.5 Å². The van der Waals surface area contributed by atoms with Gasteiger partial charge in [0.2, 0.25) is 0 Å². The van der Waals surface area contributed by atoms with Crippen molar-refractivity contribution < 1.29 is 9.84 Å². The van der Waals surface area contributed by atoms with Crippen LogP contribution in [-0.2, 0) is 6.61 Å². The lowest BCUT2D eigenvalue weighted by molar-refractivity contribution is 0.281. The molecule has 1 N–H and O–H groups in total. The minimum absolute atomic E-state index is 0.0153. The van der Waals surface area contributed by atoms with Gasteiger partial charge in [-0.1, -0.05) is 35.3 Å². The highest BCUT2D eigenvalue weighted by Gasteiger charge is 2.02. The van der Waals surface area contributed by atoms with Crippen LogP contribution in [0.5, 0.6) is 11.5 Å². The second kappa shape index (κ2) is 5.41. The molecule has 2 rings (SSSR count). The summed E-state index contributed by atoms with van der Waals surface area (Å²) in [6.07, 6.45) is 0. The van der Waals surface area contributed by atoms with E-state index in [1.165, 1.54) is 0 Å². The molecular formula is C13H10Cl2O2. The third-order valence-corrected chi connectivity index (χ3v) is 2.95. The summed E-state index contributed by atoms with van der Waals surface area (Å²) >= 11 is 11.7. The van der Waals surface area contributed by atoms with E-state index in [1.54, 1.807) is 24.3 Å². The largest absolute Gasteiger partial charge is 0.457 e. The number of halogens is 2. The van der Waals surface area contributed by atoms with Gasteiger partial charge in [0.05, 0.1) is 16.7 Å². The molecular weight excluding hydrogens is 259 g/mol. The molecule has 0 spiro atoms. The minimum Gasteiger partial charge on any atom is -0.457 e. The van der Waals surface area contributed by atoms with E-state index in [4.69, 9.17) is 33.0 Å². The molecule has 17 heavy (non-hydrogen) atoms. The summed E-state index contributed by atoms with van der Waals surface area (Å²) in [5, 5.41) is 9.95. The Balaban J connectivity index is 2.22. The Morgan fingerprint density at radius 1 is 0.941 bits per heavy atom. The Bertz CT molecular complexity index is 527. The maximum atomic E-state index is 9.01. The molecule has 2 aromatic carbocycles. The fraction of sp³-hybridized carbons (Fsp3) is 0.0769. The zero-order valence-corrected chi connectivity index (χ0v) is 10.4. The molecule has 0 aromatic heterocycles. The van der Waals surface area contributed by atoms with Crippen molar-refractivity contribution in [2.75, 3.05) is 0 Å². The maximum absolute atomic E-state index is 9.01. The van der Waals surface area contributed by atoms with E-state index >= 15 is 0 Å². The topological polar surface area (TPSA) is 29.5 Å². The lowest BCUT2D eigenvalue weighted by atomic mass is 10.2. The SMILES string of the molecule is OCc1cccc(Oc2ccc(Cl)c(Cl)c2)c1. The van der Waals surface area contributed by atoms with Crippen molar-refractivity contribution in [3.05, 3.63) is 58.1 Å². The molecule has 4 heteroatoms. The normalized spacial score (nSPS) is 10.3. The number of hydrogen-bond acceptors (Lipinski definition) is 2. The Morgan fingerprint density at radius 3 is 2.41 bits per heavy atom. The van der Waals surface area contributed by atoms with Crippen LogP contribution >= 0.6 is 23.2 Å². The van der Waals surface area contributed by atoms with E-state index in [0.29, 0.717) is 21.5 Å². The predicted molar refractivity (Wildman–Crippen MR) is 68.9 cm³/mol. The lowest BCUT2D eigenvalue weighted by Gasteiger charge is -2.07. The van der Waals surface area contributed by atoms with E-state index in [1.807, 2.05) is 18.2 Å². The summed E-state index contributed by atoms with van der Waals surface area (Å²) in [6.45, 7) is -0.0153. The van der Waals surface area contributed by atoms with Crippen LogP contribution in [0.25, 0.3) is 0 Å². The first-order chi connectivity index (χ1) is 8.19. The summed E-state index contributed by atoms with van der Waals surface area (Å²) in [4.78, 5) is 0. The van der Waals surface area contributed by atoms with Gasteiger partial charge in [0.15, 0.2) is 0 Å². The molecule has 0 aliphatic carbocycles. The third kappa shape index (κ3) is 3.13. The van der Waals surface area contributed by atoms with Gasteiger partial charge in [-0.05, 0) is 29.8 Å². The number of ether oxygens (including phenoxy) is 1. The van der Waals surface area contributed by atoms with Crippen LogP contribution in [0.1, 0.15) is 5.56 Å². The molecule has 0 saturated carbocycles. The molecule has 0 unspecified atom stereocenters. The van der Waals surface area contributed by atoms with Crippen LogP contribution in [-0.4, -0.2) is 5.11 Å². The zero-order chi connectivity index (χ0) is 12.3. The van der Waals surface area contributed by atoms with Gasteiger partial charge in [0, 0.05) is 6.07 Å². The summed E-state index contributed by atoms with van der Waals surface area (Å²) in [5.74, 6) is 1.25. The average molecular weight is 269 g/mol. The van der Waals surface area contributed by atoms with Crippen LogP contribution in [0.3, 0.4) is 0 Å². The van der Waals surface area contributed by atoms with Gasteiger partial charge in [0.1, 0.15) is 11.5 Å². The Hall–Kier alpha value is -1.22. The first kappa shape index (κ1) is 12.2. The number of hydrogen-bond donors (Lipinski definition) is 1. The number of rotatable bonds is 3. The van der Waals surface area contributed by atoms with Crippen molar-refractivity contribution in [1.29, 1.82) is 0 Å². The molecule has 0 aliphatic heterocycles. The van der Waals surface area contributed by atoms with Gasteiger partial charge in [0.25, 0.3) is 0 Å². The molecule has 0 saturated heterocycles. The molecule has 0 amide bonds. The van der Waals surface area contributed by atoms with E-state index in [-0.39, 0.29) is 6.61 Å². The molecule has 0 radical (unpaired) electrons. The van der Waals surface area contributed by atoms with E-state index < -0.39 is 0 Å². The first-order valence-electron chi connectivity index (χ1n) is 5.02. The first-order valence-corrected chi connectivity index (χ1v) is 5.77. The summed E-state index contributed by atoms with van der Waals surface area (Å²) in [6, 6.07) is 12.3. The van der Waals surface area contributed by atoms with Crippen molar-refractivity contribution >= 4 is 23.2 Å². The maximum Gasteiger partial charge on any atom is 0.129 e. The molecule has 0 heterocycles. The second-order valence-electron chi connectivity index (χ2n) is 3.48. The van der Waals surface area contributed by atoms with Crippen LogP contribution in [0.2, 0.25) is 10.0 Å².